The van der Waals surface area contributed by atoms with Gasteiger partial charge < -0.3 is 18.9 Å². The molecule has 382 valence electrons. The lowest BCUT2D eigenvalue weighted by atomic mass is 9.96. The third-order valence-electron chi connectivity index (χ3n) is 16.2. The van der Waals surface area contributed by atoms with Crippen LogP contribution in [-0.4, -0.2) is 9.13 Å². The number of anilines is 6. The first-order chi connectivity index (χ1) is 39.3. The maximum absolute atomic E-state index is 2.44. The van der Waals surface area contributed by atoms with Crippen LogP contribution in [0.5, 0.6) is 0 Å². The minimum absolute atomic E-state index is 1.10. The van der Waals surface area contributed by atoms with Crippen molar-refractivity contribution in [1.82, 2.24) is 9.13 Å². The largest absolute Gasteiger partial charge is 0.313 e. The number of hydrogen-bond donors (Lipinski definition) is 0. The van der Waals surface area contributed by atoms with Crippen LogP contribution in [0.25, 0.3) is 88.1 Å². The molecule has 0 saturated heterocycles. The van der Waals surface area contributed by atoms with Crippen LogP contribution >= 0.6 is 0 Å². The van der Waals surface area contributed by atoms with Crippen molar-refractivity contribution in [3.8, 4) is 44.8 Å². The SMILES string of the molecule is Cc1ccc(N(c2ccc(-n3c(C)c(-c4ccccc4)c4cc(-c5ccc6c(c5)c(-c5ccccc5)c(C)n6-c5ccc(N(c6ccc(C)cc6)c6cccc7ccccc67)cc5)ccc43)cc2)c2cccc3ccccc23)cc1. The standard InChI is InChI=1S/C76H58N4/c1-51-29-35-63(36-30-51)79(71-27-15-23-55-17-11-13-25-67(55)71)65-43-39-61(40-44-65)77-53(3)75(57-19-7-5-8-20-57)69-49-59(33-47-73(69)77)60-34-48-74-70(50-60)76(58-21-9-6-10-22-58)54(4)78(74)62-41-45-66(46-42-62)80(64-37-31-52(2)32-38-64)72-28-16-24-56-18-12-14-26-68(56)72/h5-50H,1-4H3. The van der Waals surface area contributed by atoms with Gasteiger partial charge >= 0.3 is 0 Å². The number of aryl methyl sites for hydroxylation is 2. The zero-order valence-electron chi connectivity index (χ0n) is 45.3. The highest BCUT2D eigenvalue weighted by atomic mass is 15.2. The van der Waals surface area contributed by atoms with E-state index in [1.165, 1.54) is 99.2 Å². The molecule has 0 unspecified atom stereocenters. The molecule has 0 saturated carbocycles. The van der Waals surface area contributed by atoms with E-state index in [4.69, 9.17) is 0 Å². The molecule has 80 heavy (non-hydrogen) atoms. The van der Waals surface area contributed by atoms with Gasteiger partial charge in [0, 0.05) is 78.2 Å². The van der Waals surface area contributed by atoms with Crippen molar-refractivity contribution in [3.63, 3.8) is 0 Å². The summed E-state index contributed by atoms with van der Waals surface area (Å²) in [6.45, 7) is 8.83. The summed E-state index contributed by atoms with van der Waals surface area (Å²) in [4.78, 5) is 4.77. The average Bonchev–Trinajstić information content (AvgIpc) is 4.12. The first-order valence-corrected chi connectivity index (χ1v) is 27.7. The van der Waals surface area contributed by atoms with E-state index >= 15 is 0 Å². The monoisotopic (exact) mass is 1030 g/mol. The fourth-order valence-electron chi connectivity index (χ4n) is 12.4. The van der Waals surface area contributed by atoms with Crippen molar-refractivity contribution in [2.45, 2.75) is 27.7 Å². The Morgan fingerprint density at radius 3 is 0.988 bits per heavy atom. The van der Waals surface area contributed by atoms with Gasteiger partial charge in [-0.1, -0.05) is 181 Å². The van der Waals surface area contributed by atoms with Crippen LogP contribution in [0, 0.1) is 27.7 Å². The first-order valence-electron chi connectivity index (χ1n) is 27.7. The van der Waals surface area contributed by atoms with Gasteiger partial charge in [0.2, 0.25) is 0 Å². The van der Waals surface area contributed by atoms with Crippen LogP contribution in [0.4, 0.5) is 34.1 Å². The molecule has 0 aliphatic rings. The molecule has 0 radical (unpaired) electrons. The van der Waals surface area contributed by atoms with E-state index in [9.17, 15) is 0 Å². The highest BCUT2D eigenvalue weighted by Crippen LogP contribution is 2.45. The first kappa shape index (κ1) is 48.2. The lowest BCUT2D eigenvalue weighted by molar-refractivity contribution is 1.05. The van der Waals surface area contributed by atoms with E-state index in [1.807, 2.05) is 0 Å². The van der Waals surface area contributed by atoms with Crippen LogP contribution in [0.1, 0.15) is 22.5 Å². The van der Waals surface area contributed by atoms with Gasteiger partial charge in [-0.25, -0.2) is 0 Å². The Balaban J connectivity index is 0.872. The summed E-state index contributed by atoms with van der Waals surface area (Å²) < 4.78 is 4.87. The van der Waals surface area contributed by atoms with Gasteiger partial charge in [-0.05, 0) is 170 Å². The molecule has 14 aromatic rings. The van der Waals surface area contributed by atoms with Gasteiger partial charge in [-0.2, -0.15) is 0 Å². The Morgan fingerprint density at radius 1 is 0.263 bits per heavy atom. The number of nitrogens with zero attached hydrogens (tertiary/aromatic N) is 4. The number of benzene rings is 12. The fourth-order valence-corrected chi connectivity index (χ4v) is 12.4. The molecular weight excluding hydrogens is 969 g/mol. The molecule has 14 rings (SSSR count). The third-order valence-corrected chi connectivity index (χ3v) is 16.2. The lowest BCUT2D eigenvalue weighted by Gasteiger charge is -2.27. The van der Waals surface area contributed by atoms with E-state index < -0.39 is 0 Å². The number of rotatable bonds is 11. The number of hydrogen-bond acceptors (Lipinski definition) is 2. The van der Waals surface area contributed by atoms with Crippen molar-refractivity contribution in [3.05, 3.63) is 302 Å². The summed E-state index contributed by atoms with van der Waals surface area (Å²) >= 11 is 0. The summed E-state index contributed by atoms with van der Waals surface area (Å²) in [5, 5.41) is 7.28. The van der Waals surface area contributed by atoms with Crippen LogP contribution in [0.2, 0.25) is 0 Å². The molecule has 12 aromatic carbocycles. The smallest absolute Gasteiger partial charge is 0.0540 e. The molecule has 0 fully saturated rings. The van der Waals surface area contributed by atoms with E-state index in [2.05, 4.69) is 326 Å². The van der Waals surface area contributed by atoms with Crippen LogP contribution in [-0.2, 0) is 0 Å². The third kappa shape index (κ3) is 8.41. The van der Waals surface area contributed by atoms with Crippen molar-refractivity contribution in [2.75, 3.05) is 9.80 Å². The number of fused-ring (bicyclic) bond motifs is 4. The molecule has 2 aromatic heterocycles. The Labute approximate surface area is 467 Å². The van der Waals surface area contributed by atoms with Crippen molar-refractivity contribution in [1.29, 1.82) is 0 Å². The maximum atomic E-state index is 2.44. The summed E-state index contributed by atoms with van der Waals surface area (Å²) in [5.74, 6) is 0. The molecule has 2 heterocycles. The van der Waals surface area contributed by atoms with Gasteiger partial charge in [0.05, 0.1) is 22.4 Å². The maximum Gasteiger partial charge on any atom is 0.0540 e. The topological polar surface area (TPSA) is 16.3 Å². The molecule has 4 heteroatoms. The average molecular weight is 1030 g/mol. The van der Waals surface area contributed by atoms with Crippen molar-refractivity contribution >= 4 is 77.5 Å². The van der Waals surface area contributed by atoms with Crippen LogP contribution < -0.4 is 9.80 Å². The van der Waals surface area contributed by atoms with Gasteiger partial charge in [0.15, 0.2) is 0 Å². The molecule has 0 spiro atoms. The van der Waals surface area contributed by atoms with Gasteiger partial charge in [0.1, 0.15) is 0 Å². The van der Waals surface area contributed by atoms with Gasteiger partial charge in [-0.3, -0.25) is 0 Å². The molecule has 4 nitrogen and oxygen atoms in total. The molecule has 0 bridgehead atoms. The highest BCUT2D eigenvalue weighted by molar-refractivity contribution is 6.05. The van der Waals surface area contributed by atoms with Gasteiger partial charge in [0.25, 0.3) is 0 Å². The Bertz CT molecular complexity index is 4280. The van der Waals surface area contributed by atoms with Crippen LogP contribution in [0.15, 0.2) is 279 Å². The molecule has 0 N–H and O–H groups in total. The second kappa shape index (κ2) is 20.0. The highest BCUT2D eigenvalue weighted by Gasteiger charge is 2.23. The Hall–Kier alpha value is -10.2. The number of aromatic nitrogens is 2. The zero-order valence-corrected chi connectivity index (χ0v) is 45.3. The molecular formula is C76H58N4. The quantitative estimate of drug-likeness (QED) is 0.128. The lowest BCUT2D eigenvalue weighted by Crippen LogP contribution is -2.10. The van der Waals surface area contributed by atoms with E-state index in [0.29, 0.717) is 0 Å². The predicted octanol–water partition coefficient (Wildman–Crippen LogP) is 21.1. The van der Waals surface area contributed by atoms with Crippen molar-refractivity contribution < 1.29 is 0 Å². The summed E-state index contributed by atoms with van der Waals surface area (Å²) in [6, 6.07) is 102. The molecule has 0 atom stereocenters. The van der Waals surface area contributed by atoms with Gasteiger partial charge in [-0.15, -0.1) is 0 Å². The zero-order chi connectivity index (χ0) is 53.8. The van der Waals surface area contributed by atoms with E-state index in [0.717, 1.165) is 45.5 Å². The fraction of sp³-hybridized carbons (Fsp3) is 0.0526. The summed E-state index contributed by atoms with van der Waals surface area (Å²) in [5.41, 5.74) is 23.4. The summed E-state index contributed by atoms with van der Waals surface area (Å²) in [7, 11) is 0. The molecule has 0 amide bonds. The molecule has 0 aliphatic carbocycles. The second-order valence-electron chi connectivity index (χ2n) is 21.2. The minimum atomic E-state index is 1.10. The summed E-state index contributed by atoms with van der Waals surface area (Å²) in [6.07, 6.45) is 0. The molecule has 0 aliphatic heterocycles. The van der Waals surface area contributed by atoms with Crippen LogP contribution in [0.3, 0.4) is 0 Å². The second-order valence-corrected chi connectivity index (χ2v) is 21.2. The van der Waals surface area contributed by atoms with Crippen molar-refractivity contribution in [2.24, 2.45) is 0 Å². The van der Waals surface area contributed by atoms with E-state index in [-0.39, 0.29) is 0 Å². The van der Waals surface area contributed by atoms with E-state index in [1.54, 1.807) is 0 Å². The minimum Gasteiger partial charge on any atom is -0.313 e. The Morgan fingerprint density at radius 2 is 0.600 bits per heavy atom. The predicted molar refractivity (Wildman–Crippen MR) is 340 cm³/mol. The Kier molecular flexibility index (Phi) is 12.1. The normalized spacial score (nSPS) is 11.5.